The maximum absolute atomic E-state index is 12.8. The van der Waals surface area contributed by atoms with Crippen molar-refractivity contribution in [1.82, 2.24) is 0 Å². The first kappa shape index (κ1) is 22.9. The van der Waals surface area contributed by atoms with Crippen LogP contribution in [0.5, 0.6) is 0 Å². The summed E-state index contributed by atoms with van der Waals surface area (Å²) in [5, 5.41) is 6.23. The Bertz CT molecular complexity index is 1060. The van der Waals surface area contributed by atoms with Gasteiger partial charge in [-0.2, -0.15) is 0 Å². The van der Waals surface area contributed by atoms with E-state index in [9.17, 15) is 9.59 Å². The van der Waals surface area contributed by atoms with E-state index < -0.39 is 0 Å². The van der Waals surface area contributed by atoms with Crippen LogP contribution in [0.15, 0.2) is 77.7 Å². The molecule has 0 aromatic heterocycles. The van der Waals surface area contributed by atoms with Gasteiger partial charge in [0.25, 0.3) is 0 Å². The number of hydrogen-bond donors (Lipinski definition) is 2. The Hall–Kier alpha value is -2.76. The van der Waals surface area contributed by atoms with E-state index in [0.29, 0.717) is 29.2 Å². The van der Waals surface area contributed by atoms with E-state index in [4.69, 9.17) is 11.6 Å². The van der Waals surface area contributed by atoms with Gasteiger partial charge in [-0.3, -0.25) is 9.59 Å². The van der Waals surface area contributed by atoms with E-state index in [-0.39, 0.29) is 17.1 Å². The van der Waals surface area contributed by atoms with Crippen molar-refractivity contribution < 1.29 is 9.59 Å². The van der Waals surface area contributed by atoms with Crippen LogP contribution < -0.4 is 10.6 Å². The van der Waals surface area contributed by atoms with Crippen LogP contribution in [0.1, 0.15) is 24.5 Å². The number of amides is 2. The highest BCUT2D eigenvalue weighted by molar-refractivity contribution is 8.00. The summed E-state index contributed by atoms with van der Waals surface area (Å²) in [5.41, 5.74) is 3.32. The lowest BCUT2D eigenvalue weighted by Gasteiger charge is -2.16. The van der Waals surface area contributed by atoms with Crippen LogP contribution in [0.4, 0.5) is 11.4 Å². The van der Waals surface area contributed by atoms with E-state index >= 15 is 0 Å². The first-order valence-corrected chi connectivity index (χ1v) is 11.4. The van der Waals surface area contributed by atoms with Gasteiger partial charge in [0.05, 0.1) is 11.7 Å². The summed E-state index contributed by atoms with van der Waals surface area (Å²) in [6, 6.07) is 22.7. The van der Waals surface area contributed by atoms with Crippen molar-refractivity contribution in [2.24, 2.45) is 0 Å². The molecule has 2 amide bonds. The molecular weight excluding hydrogens is 428 g/mol. The number of aryl methyl sites for hydroxylation is 1. The first-order chi connectivity index (χ1) is 14.9. The summed E-state index contributed by atoms with van der Waals surface area (Å²) in [6.07, 6.45) is 0.984. The Balaban J connectivity index is 1.61. The average Bonchev–Trinajstić information content (AvgIpc) is 2.75. The maximum atomic E-state index is 12.8. The van der Waals surface area contributed by atoms with Gasteiger partial charge in [0.15, 0.2) is 0 Å². The minimum Gasteiger partial charge on any atom is -0.326 e. The lowest BCUT2D eigenvalue weighted by molar-refractivity contribution is -0.116. The van der Waals surface area contributed by atoms with Gasteiger partial charge in [0.1, 0.15) is 0 Å². The zero-order valence-electron chi connectivity index (χ0n) is 17.5. The molecule has 3 aromatic carbocycles. The fourth-order valence-corrected chi connectivity index (χ4v) is 4.21. The molecular formula is C25H25ClN2O2S. The van der Waals surface area contributed by atoms with Gasteiger partial charge < -0.3 is 10.6 Å². The van der Waals surface area contributed by atoms with E-state index in [1.807, 2.05) is 80.6 Å². The Morgan fingerprint density at radius 2 is 1.68 bits per heavy atom. The van der Waals surface area contributed by atoms with Gasteiger partial charge in [-0.1, -0.05) is 61.0 Å². The minimum atomic E-state index is -0.268. The number of thioether (sulfide) groups is 1. The quantitative estimate of drug-likeness (QED) is 0.392. The molecule has 0 saturated carbocycles. The van der Waals surface area contributed by atoms with Crippen LogP contribution in [-0.4, -0.2) is 17.1 Å². The van der Waals surface area contributed by atoms with E-state index in [0.717, 1.165) is 16.0 Å². The van der Waals surface area contributed by atoms with Crippen molar-refractivity contribution in [2.45, 2.75) is 36.8 Å². The minimum absolute atomic E-state index is 0.0746. The molecule has 0 bridgehead atoms. The predicted molar refractivity (Wildman–Crippen MR) is 130 cm³/mol. The standard InChI is InChI=1S/C25H25ClN2O2S/c1-3-23(25(30)28-20-13-12-17(2)22(26)16-20)31-21-11-7-10-19(15-21)27-24(29)14-18-8-5-4-6-9-18/h4-13,15-16,23H,3,14H2,1-2H3,(H,27,29)(H,28,30). The molecule has 160 valence electrons. The van der Waals surface area contributed by atoms with Crippen molar-refractivity contribution in [3.8, 4) is 0 Å². The monoisotopic (exact) mass is 452 g/mol. The molecule has 0 fully saturated rings. The maximum Gasteiger partial charge on any atom is 0.237 e. The molecule has 0 heterocycles. The molecule has 3 rings (SSSR count). The fourth-order valence-electron chi connectivity index (χ4n) is 3.01. The van der Waals surface area contributed by atoms with Crippen molar-refractivity contribution in [3.05, 3.63) is 88.9 Å². The average molecular weight is 453 g/mol. The number of carbonyl (C=O) groups is 2. The summed E-state index contributed by atoms with van der Waals surface area (Å²) < 4.78 is 0. The highest BCUT2D eigenvalue weighted by Crippen LogP contribution is 2.29. The molecule has 0 radical (unpaired) electrons. The second-order valence-electron chi connectivity index (χ2n) is 7.21. The van der Waals surface area contributed by atoms with Gasteiger partial charge in [-0.05, 0) is 54.8 Å². The van der Waals surface area contributed by atoms with E-state index in [2.05, 4.69) is 10.6 Å². The summed E-state index contributed by atoms with van der Waals surface area (Å²) in [5.74, 6) is -0.152. The van der Waals surface area contributed by atoms with Crippen molar-refractivity contribution in [1.29, 1.82) is 0 Å². The third-order valence-corrected chi connectivity index (χ3v) is 6.47. The molecule has 0 aliphatic carbocycles. The summed E-state index contributed by atoms with van der Waals surface area (Å²) in [7, 11) is 0. The van der Waals surface area contributed by atoms with Gasteiger partial charge in [-0.15, -0.1) is 11.8 Å². The molecule has 4 nitrogen and oxygen atoms in total. The molecule has 6 heteroatoms. The molecule has 31 heavy (non-hydrogen) atoms. The zero-order valence-corrected chi connectivity index (χ0v) is 19.1. The smallest absolute Gasteiger partial charge is 0.237 e. The van der Waals surface area contributed by atoms with Gasteiger partial charge in [0.2, 0.25) is 11.8 Å². The Kier molecular flexibility index (Phi) is 8.15. The molecule has 1 atom stereocenters. The normalized spacial score (nSPS) is 11.6. The number of benzene rings is 3. The summed E-state index contributed by atoms with van der Waals surface area (Å²) in [4.78, 5) is 26.0. The largest absolute Gasteiger partial charge is 0.326 e. The third kappa shape index (κ3) is 6.88. The van der Waals surface area contributed by atoms with Crippen LogP contribution in [0.2, 0.25) is 5.02 Å². The molecule has 1 unspecified atom stereocenters. The lowest BCUT2D eigenvalue weighted by atomic mass is 10.1. The van der Waals surface area contributed by atoms with Gasteiger partial charge >= 0.3 is 0 Å². The molecule has 3 aromatic rings. The Morgan fingerprint density at radius 1 is 0.935 bits per heavy atom. The molecule has 0 aliphatic heterocycles. The third-order valence-electron chi connectivity index (χ3n) is 4.71. The molecule has 2 N–H and O–H groups in total. The SMILES string of the molecule is CCC(Sc1cccc(NC(=O)Cc2ccccc2)c1)C(=O)Nc1ccc(C)c(Cl)c1. The van der Waals surface area contributed by atoms with E-state index in [1.165, 1.54) is 11.8 Å². The predicted octanol–water partition coefficient (Wildman–Crippen LogP) is 6.34. The highest BCUT2D eigenvalue weighted by atomic mass is 35.5. The molecule has 0 spiro atoms. The van der Waals surface area contributed by atoms with Crippen LogP contribution in [0, 0.1) is 6.92 Å². The van der Waals surface area contributed by atoms with E-state index in [1.54, 1.807) is 6.07 Å². The summed E-state index contributed by atoms with van der Waals surface area (Å²) >= 11 is 7.63. The second kappa shape index (κ2) is 11.0. The molecule has 0 aliphatic rings. The Morgan fingerprint density at radius 3 is 2.39 bits per heavy atom. The number of carbonyl (C=O) groups excluding carboxylic acids is 2. The lowest BCUT2D eigenvalue weighted by Crippen LogP contribution is -2.24. The van der Waals surface area contributed by atoms with Crippen LogP contribution in [-0.2, 0) is 16.0 Å². The van der Waals surface area contributed by atoms with Crippen molar-refractivity contribution in [2.75, 3.05) is 10.6 Å². The number of hydrogen-bond acceptors (Lipinski definition) is 3. The van der Waals surface area contributed by atoms with Crippen LogP contribution in [0.25, 0.3) is 0 Å². The number of halogens is 1. The number of nitrogens with one attached hydrogen (secondary N) is 2. The Labute approximate surface area is 192 Å². The summed E-state index contributed by atoms with van der Waals surface area (Å²) in [6.45, 7) is 3.90. The van der Waals surface area contributed by atoms with Gasteiger partial charge in [0, 0.05) is 21.3 Å². The second-order valence-corrected chi connectivity index (χ2v) is 8.89. The van der Waals surface area contributed by atoms with Crippen molar-refractivity contribution in [3.63, 3.8) is 0 Å². The number of anilines is 2. The van der Waals surface area contributed by atoms with Crippen LogP contribution in [0.3, 0.4) is 0 Å². The van der Waals surface area contributed by atoms with Gasteiger partial charge in [-0.25, -0.2) is 0 Å². The van der Waals surface area contributed by atoms with Crippen LogP contribution >= 0.6 is 23.4 Å². The first-order valence-electron chi connectivity index (χ1n) is 10.1. The highest BCUT2D eigenvalue weighted by Gasteiger charge is 2.18. The molecule has 0 saturated heterocycles. The topological polar surface area (TPSA) is 58.2 Å². The van der Waals surface area contributed by atoms with Crippen molar-refractivity contribution >= 4 is 46.6 Å². The zero-order chi connectivity index (χ0) is 22.2. The number of rotatable bonds is 8. The fraction of sp³-hybridized carbons (Fsp3) is 0.200.